The third-order valence-electron chi connectivity index (χ3n) is 3.35. The van der Waals surface area contributed by atoms with E-state index in [1.54, 1.807) is 26.3 Å². The Morgan fingerprint density at radius 1 is 1.14 bits per heavy atom. The van der Waals surface area contributed by atoms with Crippen LogP contribution >= 0.6 is 0 Å². The van der Waals surface area contributed by atoms with E-state index in [0.717, 1.165) is 11.3 Å². The minimum absolute atomic E-state index is 0.173. The fraction of sp³-hybridized carbons (Fsp3) is 0.118. The second-order valence-corrected chi connectivity index (χ2v) is 4.81. The van der Waals surface area contributed by atoms with Crippen LogP contribution in [-0.2, 0) is 0 Å². The summed E-state index contributed by atoms with van der Waals surface area (Å²) in [4.78, 5) is 16.9. The van der Waals surface area contributed by atoms with Crippen molar-refractivity contribution in [3.8, 4) is 5.75 Å². The lowest BCUT2D eigenvalue weighted by molar-refractivity contribution is 0.415. The zero-order valence-corrected chi connectivity index (χ0v) is 12.4. The van der Waals surface area contributed by atoms with E-state index in [2.05, 4.69) is 10.1 Å². The molecule has 1 aromatic heterocycles. The van der Waals surface area contributed by atoms with E-state index in [-0.39, 0.29) is 5.56 Å². The van der Waals surface area contributed by atoms with Crippen LogP contribution in [0.15, 0.2) is 58.4 Å². The van der Waals surface area contributed by atoms with E-state index in [1.165, 1.54) is 4.68 Å². The van der Waals surface area contributed by atoms with E-state index in [4.69, 9.17) is 4.74 Å². The van der Waals surface area contributed by atoms with E-state index in [1.807, 2.05) is 42.5 Å². The van der Waals surface area contributed by atoms with Gasteiger partial charge in [-0.3, -0.25) is 4.79 Å². The summed E-state index contributed by atoms with van der Waals surface area (Å²) in [6.07, 6.45) is 1.63. The zero-order valence-electron chi connectivity index (χ0n) is 12.4. The van der Waals surface area contributed by atoms with E-state index in [0.29, 0.717) is 16.7 Å². The van der Waals surface area contributed by atoms with Crippen LogP contribution in [0.3, 0.4) is 0 Å². The lowest BCUT2D eigenvalue weighted by atomic mass is 10.2. The van der Waals surface area contributed by atoms with E-state index >= 15 is 0 Å². The number of rotatable bonds is 3. The first-order valence-corrected chi connectivity index (χ1v) is 6.86. The maximum Gasteiger partial charge on any atom is 0.282 e. The summed E-state index contributed by atoms with van der Waals surface area (Å²) < 4.78 is 6.42. The molecule has 0 atom stereocenters. The molecule has 0 aliphatic heterocycles. The Hall–Kier alpha value is -2.95. The maximum atomic E-state index is 12.5. The van der Waals surface area contributed by atoms with Gasteiger partial charge in [0.1, 0.15) is 11.6 Å². The van der Waals surface area contributed by atoms with Gasteiger partial charge in [-0.1, -0.05) is 12.1 Å². The van der Waals surface area contributed by atoms with Gasteiger partial charge in [-0.25, -0.2) is 4.98 Å². The van der Waals surface area contributed by atoms with E-state index < -0.39 is 0 Å². The summed E-state index contributed by atoms with van der Waals surface area (Å²) >= 11 is 0. The standard InChI is InChI=1S/C17H15N3O2/c1-12-19-16-6-4-3-5-15(16)17(21)20(12)18-11-13-7-9-14(22-2)10-8-13/h3-11H,1-2H3/b18-11-. The number of para-hydroxylation sites is 1. The van der Waals surface area contributed by atoms with Crippen molar-refractivity contribution in [2.24, 2.45) is 5.10 Å². The summed E-state index contributed by atoms with van der Waals surface area (Å²) in [7, 11) is 1.62. The number of aromatic nitrogens is 2. The van der Waals surface area contributed by atoms with Crippen molar-refractivity contribution in [1.29, 1.82) is 0 Å². The second kappa shape index (κ2) is 5.81. The Kier molecular flexibility index (Phi) is 3.70. The highest BCUT2D eigenvalue weighted by molar-refractivity contribution is 5.80. The lowest BCUT2D eigenvalue weighted by Crippen LogP contribution is -2.20. The molecular formula is C17H15N3O2. The van der Waals surface area contributed by atoms with Crippen molar-refractivity contribution in [2.75, 3.05) is 7.11 Å². The Bertz CT molecular complexity index is 896. The molecule has 3 rings (SSSR count). The Balaban J connectivity index is 2.02. The maximum absolute atomic E-state index is 12.5. The number of methoxy groups -OCH3 is 1. The van der Waals surface area contributed by atoms with E-state index in [9.17, 15) is 4.79 Å². The van der Waals surface area contributed by atoms with Crippen molar-refractivity contribution in [3.63, 3.8) is 0 Å². The number of hydrogen-bond acceptors (Lipinski definition) is 4. The molecule has 0 amide bonds. The molecular weight excluding hydrogens is 278 g/mol. The van der Waals surface area contributed by atoms with Crippen LogP contribution < -0.4 is 10.3 Å². The molecule has 110 valence electrons. The van der Waals surface area contributed by atoms with Gasteiger partial charge >= 0.3 is 0 Å². The van der Waals surface area contributed by atoms with Crippen molar-refractivity contribution < 1.29 is 4.74 Å². The molecule has 0 saturated heterocycles. The lowest BCUT2D eigenvalue weighted by Gasteiger charge is -2.05. The first kappa shape index (κ1) is 14.0. The predicted octanol–water partition coefficient (Wildman–Crippen LogP) is 2.60. The molecule has 0 fully saturated rings. The first-order valence-electron chi connectivity index (χ1n) is 6.86. The first-order chi connectivity index (χ1) is 10.7. The largest absolute Gasteiger partial charge is 0.497 e. The highest BCUT2D eigenvalue weighted by Gasteiger charge is 2.06. The molecule has 3 aromatic rings. The molecule has 2 aromatic carbocycles. The van der Waals surface area contributed by atoms with Gasteiger partial charge in [-0.2, -0.15) is 9.78 Å². The summed E-state index contributed by atoms with van der Waals surface area (Å²) in [6, 6.07) is 14.7. The molecule has 0 spiro atoms. The van der Waals surface area contributed by atoms with Crippen molar-refractivity contribution >= 4 is 17.1 Å². The highest BCUT2D eigenvalue weighted by Crippen LogP contribution is 2.10. The fourth-order valence-corrected chi connectivity index (χ4v) is 2.19. The molecule has 0 aliphatic rings. The second-order valence-electron chi connectivity index (χ2n) is 4.81. The fourth-order valence-electron chi connectivity index (χ4n) is 2.19. The monoisotopic (exact) mass is 293 g/mol. The molecule has 22 heavy (non-hydrogen) atoms. The van der Waals surface area contributed by atoms with Gasteiger partial charge in [0.05, 0.1) is 24.2 Å². The number of benzene rings is 2. The molecule has 1 heterocycles. The third-order valence-corrected chi connectivity index (χ3v) is 3.35. The number of aryl methyl sites for hydroxylation is 1. The molecule has 0 saturated carbocycles. The molecule has 0 N–H and O–H groups in total. The molecule has 0 aliphatic carbocycles. The van der Waals surface area contributed by atoms with Crippen molar-refractivity contribution in [2.45, 2.75) is 6.92 Å². The Morgan fingerprint density at radius 3 is 2.59 bits per heavy atom. The van der Waals surface area contributed by atoms with Crippen LogP contribution in [0.5, 0.6) is 5.75 Å². The quantitative estimate of drug-likeness (QED) is 0.697. The zero-order chi connectivity index (χ0) is 15.5. The summed E-state index contributed by atoms with van der Waals surface area (Å²) in [5, 5.41) is 4.81. The van der Waals surface area contributed by atoms with Crippen LogP contribution in [0.4, 0.5) is 0 Å². The summed E-state index contributed by atoms with van der Waals surface area (Å²) in [6.45, 7) is 1.76. The number of fused-ring (bicyclic) bond motifs is 1. The van der Waals surface area contributed by atoms with Gasteiger partial charge in [-0.05, 0) is 48.9 Å². The van der Waals surface area contributed by atoms with Gasteiger partial charge in [0.25, 0.3) is 5.56 Å². The summed E-state index contributed by atoms with van der Waals surface area (Å²) in [5.41, 5.74) is 1.38. The van der Waals surface area contributed by atoms with Gasteiger partial charge in [0, 0.05) is 0 Å². The normalized spacial score (nSPS) is 11.2. The van der Waals surface area contributed by atoms with Crippen LogP contribution in [0.2, 0.25) is 0 Å². The minimum Gasteiger partial charge on any atom is -0.497 e. The van der Waals surface area contributed by atoms with Crippen LogP contribution in [0.1, 0.15) is 11.4 Å². The number of hydrogen-bond donors (Lipinski definition) is 0. The van der Waals surface area contributed by atoms with Crippen molar-refractivity contribution in [3.05, 3.63) is 70.3 Å². The molecule has 5 nitrogen and oxygen atoms in total. The van der Waals surface area contributed by atoms with Crippen LogP contribution in [-0.4, -0.2) is 23.0 Å². The smallest absolute Gasteiger partial charge is 0.282 e. The molecule has 0 unspecified atom stereocenters. The summed E-state index contributed by atoms with van der Waals surface area (Å²) in [5.74, 6) is 1.33. The average Bonchev–Trinajstić information content (AvgIpc) is 2.55. The van der Waals surface area contributed by atoms with Gasteiger partial charge in [0.2, 0.25) is 0 Å². The minimum atomic E-state index is -0.173. The van der Waals surface area contributed by atoms with Crippen LogP contribution in [0.25, 0.3) is 10.9 Å². The molecule has 0 bridgehead atoms. The Labute approximate surface area is 127 Å². The molecule has 0 radical (unpaired) electrons. The third kappa shape index (κ3) is 2.61. The average molecular weight is 293 g/mol. The van der Waals surface area contributed by atoms with Gasteiger partial charge in [-0.15, -0.1) is 0 Å². The van der Waals surface area contributed by atoms with Crippen molar-refractivity contribution in [1.82, 2.24) is 9.66 Å². The van der Waals surface area contributed by atoms with Crippen LogP contribution in [0, 0.1) is 6.92 Å². The SMILES string of the molecule is COc1ccc(/C=N\n2c(C)nc3ccccc3c2=O)cc1. The highest BCUT2D eigenvalue weighted by atomic mass is 16.5. The number of ether oxygens (including phenoxy) is 1. The van der Waals surface area contributed by atoms with Gasteiger partial charge < -0.3 is 4.74 Å². The Morgan fingerprint density at radius 2 is 1.86 bits per heavy atom. The predicted molar refractivity (Wildman–Crippen MR) is 86.7 cm³/mol. The number of nitrogens with zero attached hydrogens (tertiary/aromatic N) is 3. The topological polar surface area (TPSA) is 56.5 Å². The van der Waals surface area contributed by atoms with Gasteiger partial charge in [0.15, 0.2) is 0 Å². The molecule has 5 heteroatoms.